The third-order valence-electron chi connectivity index (χ3n) is 1.96. The first-order chi connectivity index (χ1) is 7.60. The van der Waals surface area contributed by atoms with Crippen LogP contribution in [0.1, 0.15) is 27.2 Å². The van der Waals surface area contributed by atoms with Gasteiger partial charge in [0, 0.05) is 13.5 Å². The third kappa shape index (κ3) is 8.38. The van der Waals surface area contributed by atoms with Crippen LogP contribution in [0.3, 0.4) is 0 Å². The number of allylic oxidation sites excluding steroid dienone is 3. The van der Waals surface area contributed by atoms with Crippen LogP contribution >= 0.6 is 0 Å². The fraction of sp³-hybridized carbons (Fsp3) is 0.615. The minimum absolute atomic E-state index is 0.140. The lowest BCUT2D eigenvalue weighted by atomic mass is 10.1. The molecule has 0 radical (unpaired) electrons. The van der Waals surface area contributed by atoms with Gasteiger partial charge in [-0.25, -0.2) is 0 Å². The van der Waals surface area contributed by atoms with Crippen LogP contribution in [0.4, 0.5) is 0 Å². The molecule has 0 N–H and O–H groups in total. The maximum absolute atomic E-state index is 11.3. The Labute approximate surface area is 98.1 Å². The van der Waals surface area contributed by atoms with E-state index in [1.165, 1.54) is 0 Å². The summed E-state index contributed by atoms with van der Waals surface area (Å²) >= 11 is 0. The van der Waals surface area contributed by atoms with Crippen molar-refractivity contribution < 1.29 is 14.3 Å². The Bertz CT molecular complexity index is 254. The van der Waals surface area contributed by atoms with Crippen molar-refractivity contribution in [1.29, 1.82) is 0 Å². The highest BCUT2D eigenvalue weighted by molar-refractivity contribution is 5.91. The molecular formula is C13H22O3. The summed E-state index contributed by atoms with van der Waals surface area (Å²) in [5, 5.41) is 0. The second kappa shape index (κ2) is 9.31. The molecule has 0 aromatic carbocycles. The summed E-state index contributed by atoms with van der Waals surface area (Å²) in [4.78, 5) is 11.3. The van der Waals surface area contributed by atoms with Crippen molar-refractivity contribution in [3.63, 3.8) is 0 Å². The summed E-state index contributed by atoms with van der Waals surface area (Å²) in [5.74, 6) is 0.440. The van der Waals surface area contributed by atoms with Crippen LogP contribution in [-0.4, -0.2) is 26.3 Å². The summed E-state index contributed by atoms with van der Waals surface area (Å²) in [5.41, 5.74) is 1.08. The standard InChI is InChI=1S/C13H22O3/c1-5-6-13(14)8-11(2)7-12(3)9-16-10-15-4/h5-7,12H,8-10H2,1-4H3/b6-5+,11-7-/t12-/m1/s1. The molecule has 0 aliphatic heterocycles. The van der Waals surface area contributed by atoms with E-state index in [9.17, 15) is 4.79 Å². The van der Waals surface area contributed by atoms with Crippen molar-refractivity contribution in [2.45, 2.75) is 27.2 Å². The molecule has 0 amide bonds. The molecule has 1 atom stereocenters. The number of methoxy groups -OCH3 is 1. The molecule has 92 valence electrons. The predicted octanol–water partition coefficient (Wildman–Crippen LogP) is 2.72. The van der Waals surface area contributed by atoms with Gasteiger partial charge in [0.05, 0.1) is 6.61 Å². The van der Waals surface area contributed by atoms with Gasteiger partial charge in [0.1, 0.15) is 6.79 Å². The minimum atomic E-state index is 0.140. The number of carbonyl (C=O) groups excluding carboxylic acids is 1. The molecule has 0 aromatic rings. The topological polar surface area (TPSA) is 35.5 Å². The Hall–Kier alpha value is -0.930. The van der Waals surface area contributed by atoms with Gasteiger partial charge in [-0.2, -0.15) is 0 Å². The number of ketones is 1. The first-order valence-corrected chi connectivity index (χ1v) is 5.49. The zero-order valence-corrected chi connectivity index (χ0v) is 10.7. The highest BCUT2D eigenvalue weighted by Crippen LogP contribution is 2.08. The maximum atomic E-state index is 11.3. The number of hydrogen-bond acceptors (Lipinski definition) is 3. The Morgan fingerprint density at radius 1 is 1.44 bits per heavy atom. The number of ether oxygens (including phenoxy) is 2. The van der Waals surface area contributed by atoms with E-state index in [0.717, 1.165) is 5.57 Å². The molecule has 0 saturated carbocycles. The zero-order chi connectivity index (χ0) is 12.4. The van der Waals surface area contributed by atoms with Crippen molar-refractivity contribution in [1.82, 2.24) is 0 Å². The zero-order valence-electron chi connectivity index (χ0n) is 10.7. The Morgan fingerprint density at radius 2 is 2.12 bits per heavy atom. The molecule has 3 heteroatoms. The third-order valence-corrected chi connectivity index (χ3v) is 1.96. The van der Waals surface area contributed by atoms with E-state index < -0.39 is 0 Å². The fourth-order valence-electron chi connectivity index (χ4n) is 1.43. The lowest BCUT2D eigenvalue weighted by Gasteiger charge is -2.08. The van der Waals surface area contributed by atoms with Gasteiger partial charge in [0.2, 0.25) is 0 Å². The largest absolute Gasteiger partial charge is 0.359 e. The summed E-state index contributed by atoms with van der Waals surface area (Å²) in [6, 6.07) is 0. The van der Waals surface area contributed by atoms with Crippen LogP contribution in [0.15, 0.2) is 23.8 Å². The van der Waals surface area contributed by atoms with Crippen LogP contribution in [0.25, 0.3) is 0 Å². The molecule has 0 bridgehead atoms. The lowest BCUT2D eigenvalue weighted by molar-refractivity contribution is -0.114. The van der Waals surface area contributed by atoms with Gasteiger partial charge >= 0.3 is 0 Å². The van der Waals surface area contributed by atoms with Crippen LogP contribution in [0, 0.1) is 5.92 Å². The van der Waals surface area contributed by atoms with E-state index in [-0.39, 0.29) is 5.78 Å². The molecule has 0 heterocycles. The van der Waals surface area contributed by atoms with Crippen molar-refractivity contribution in [2.24, 2.45) is 5.92 Å². The van der Waals surface area contributed by atoms with Crippen LogP contribution in [0.2, 0.25) is 0 Å². The van der Waals surface area contributed by atoms with Gasteiger partial charge in [-0.15, -0.1) is 0 Å². The van der Waals surface area contributed by atoms with Gasteiger partial charge in [-0.3, -0.25) is 4.79 Å². The summed E-state index contributed by atoms with van der Waals surface area (Å²) in [6.45, 7) is 6.80. The van der Waals surface area contributed by atoms with Gasteiger partial charge < -0.3 is 9.47 Å². The highest BCUT2D eigenvalue weighted by Gasteiger charge is 2.02. The Kier molecular flexibility index (Phi) is 8.77. The van der Waals surface area contributed by atoms with Crippen LogP contribution in [-0.2, 0) is 14.3 Å². The van der Waals surface area contributed by atoms with Gasteiger partial charge in [0.15, 0.2) is 5.78 Å². The predicted molar refractivity (Wildman–Crippen MR) is 65.2 cm³/mol. The monoisotopic (exact) mass is 226 g/mol. The maximum Gasteiger partial charge on any atom is 0.159 e. The molecular weight excluding hydrogens is 204 g/mol. The molecule has 0 saturated heterocycles. The average Bonchev–Trinajstić information content (AvgIpc) is 2.17. The first-order valence-electron chi connectivity index (χ1n) is 5.49. The number of carbonyl (C=O) groups is 1. The molecule has 0 unspecified atom stereocenters. The van der Waals surface area contributed by atoms with Gasteiger partial charge in [0.25, 0.3) is 0 Å². The molecule has 0 aromatic heterocycles. The summed E-state index contributed by atoms with van der Waals surface area (Å²) in [6.07, 6.45) is 5.92. The highest BCUT2D eigenvalue weighted by atomic mass is 16.7. The lowest BCUT2D eigenvalue weighted by Crippen LogP contribution is -2.06. The fourth-order valence-corrected chi connectivity index (χ4v) is 1.43. The summed E-state index contributed by atoms with van der Waals surface area (Å²) in [7, 11) is 1.60. The van der Waals surface area contributed by atoms with Gasteiger partial charge in [-0.05, 0) is 25.8 Å². The molecule has 3 nitrogen and oxygen atoms in total. The second-order valence-corrected chi connectivity index (χ2v) is 3.91. The van der Waals surface area contributed by atoms with E-state index in [0.29, 0.717) is 25.7 Å². The molecule has 0 aliphatic carbocycles. The van der Waals surface area contributed by atoms with Crippen molar-refractivity contribution in [3.8, 4) is 0 Å². The number of hydrogen-bond donors (Lipinski definition) is 0. The van der Waals surface area contributed by atoms with Crippen LogP contribution < -0.4 is 0 Å². The van der Waals surface area contributed by atoms with E-state index in [2.05, 4.69) is 13.0 Å². The molecule has 16 heavy (non-hydrogen) atoms. The second-order valence-electron chi connectivity index (χ2n) is 3.91. The van der Waals surface area contributed by atoms with E-state index in [1.54, 1.807) is 19.3 Å². The van der Waals surface area contributed by atoms with Crippen LogP contribution in [0.5, 0.6) is 0 Å². The quantitative estimate of drug-likeness (QED) is 0.276. The van der Waals surface area contributed by atoms with E-state index in [4.69, 9.17) is 9.47 Å². The van der Waals surface area contributed by atoms with Crippen molar-refractivity contribution in [2.75, 3.05) is 20.5 Å². The average molecular weight is 226 g/mol. The summed E-state index contributed by atoms with van der Waals surface area (Å²) < 4.78 is 10.0. The van der Waals surface area contributed by atoms with Gasteiger partial charge in [-0.1, -0.05) is 24.6 Å². The Balaban J connectivity index is 3.95. The molecule has 0 fully saturated rings. The molecule has 0 rings (SSSR count). The number of rotatable bonds is 8. The van der Waals surface area contributed by atoms with E-state index >= 15 is 0 Å². The Morgan fingerprint density at radius 3 is 2.69 bits per heavy atom. The SMILES string of the molecule is C/C=C/C(=O)C/C(C)=C\[C@@H](C)COCOC. The first kappa shape index (κ1) is 15.1. The van der Waals surface area contributed by atoms with E-state index in [1.807, 2.05) is 13.8 Å². The van der Waals surface area contributed by atoms with Crippen molar-refractivity contribution in [3.05, 3.63) is 23.8 Å². The minimum Gasteiger partial charge on any atom is -0.359 e. The normalized spacial score (nSPS) is 14.4. The van der Waals surface area contributed by atoms with Crippen molar-refractivity contribution >= 4 is 5.78 Å². The molecule has 0 aliphatic rings. The molecule has 0 spiro atoms. The smallest absolute Gasteiger partial charge is 0.159 e.